The number of anilines is 1. The van der Waals surface area contributed by atoms with Crippen LogP contribution in [0.3, 0.4) is 0 Å². The number of hydrogen-bond donors (Lipinski definition) is 1. The van der Waals surface area contributed by atoms with E-state index < -0.39 is 0 Å². The second-order valence-corrected chi connectivity index (χ2v) is 4.40. The monoisotopic (exact) mass is 236 g/mol. The Morgan fingerprint density at radius 3 is 2.94 bits per heavy atom. The highest BCUT2D eigenvalue weighted by molar-refractivity contribution is 5.96. The van der Waals surface area contributed by atoms with Crippen LogP contribution in [0.5, 0.6) is 0 Å². The quantitative estimate of drug-likeness (QED) is 0.868. The summed E-state index contributed by atoms with van der Waals surface area (Å²) in [6.45, 7) is 5.25. The number of carbonyl (C=O) groups excluding carboxylic acids is 1. The van der Waals surface area contributed by atoms with E-state index in [2.05, 4.69) is 5.32 Å². The number of benzene rings is 1. The molecular weight excluding hydrogens is 219 g/mol. The highest BCUT2D eigenvalue weighted by Gasteiger charge is 2.29. The van der Waals surface area contributed by atoms with E-state index in [9.17, 15) is 9.18 Å². The first kappa shape index (κ1) is 12.0. The number of amides is 1. The third-order valence-corrected chi connectivity index (χ3v) is 3.07. The van der Waals surface area contributed by atoms with E-state index in [0.717, 1.165) is 12.2 Å². The Labute approximate surface area is 101 Å². The summed E-state index contributed by atoms with van der Waals surface area (Å²) in [6, 6.07) is 5.01. The minimum Gasteiger partial charge on any atom is -0.312 e. The Morgan fingerprint density at radius 2 is 2.29 bits per heavy atom. The number of hydrogen-bond acceptors (Lipinski definition) is 2. The Balaban J connectivity index is 2.17. The number of nitrogens with zero attached hydrogens (tertiary/aromatic N) is 1. The summed E-state index contributed by atoms with van der Waals surface area (Å²) < 4.78 is 13.2. The van der Waals surface area contributed by atoms with Gasteiger partial charge in [-0.15, -0.1) is 0 Å². The minimum absolute atomic E-state index is 0.0990. The SMILES string of the molecule is CCNC1CC(=O)N(c2ccc(F)c(C)c2)C1. The molecular formula is C13H17FN2O. The lowest BCUT2D eigenvalue weighted by Crippen LogP contribution is -2.32. The van der Waals surface area contributed by atoms with Crippen LogP contribution in [0.2, 0.25) is 0 Å². The van der Waals surface area contributed by atoms with E-state index in [0.29, 0.717) is 18.5 Å². The molecule has 1 heterocycles. The van der Waals surface area contributed by atoms with Crippen molar-refractivity contribution < 1.29 is 9.18 Å². The summed E-state index contributed by atoms with van der Waals surface area (Å²) in [5.41, 5.74) is 1.36. The van der Waals surface area contributed by atoms with Crippen LogP contribution in [-0.4, -0.2) is 25.0 Å². The molecule has 0 saturated carbocycles. The smallest absolute Gasteiger partial charge is 0.228 e. The zero-order valence-corrected chi connectivity index (χ0v) is 10.2. The molecule has 92 valence electrons. The molecule has 17 heavy (non-hydrogen) atoms. The van der Waals surface area contributed by atoms with Gasteiger partial charge in [-0.25, -0.2) is 4.39 Å². The molecule has 0 aromatic heterocycles. The summed E-state index contributed by atoms with van der Waals surface area (Å²) in [5, 5.41) is 3.26. The van der Waals surface area contributed by atoms with Crippen molar-refractivity contribution in [2.45, 2.75) is 26.3 Å². The van der Waals surface area contributed by atoms with Crippen LogP contribution in [-0.2, 0) is 4.79 Å². The average Bonchev–Trinajstić information content (AvgIpc) is 2.64. The van der Waals surface area contributed by atoms with Crippen LogP contribution < -0.4 is 10.2 Å². The van der Waals surface area contributed by atoms with Crippen LogP contribution in [0.1, 0.15) is 18.9 Å². The van der Waals surface area contributed by atoms with E-state index in [-0.39, 0.29) is 17.8 Å². The molecule has 1 aliphatic rings. The van der Waals surface area contributed by atoms with Gasteiger partial charge in [-0.3, -0.25) is 4.79 Å². The normalized spacial score (nSPS) is 20.1. The van der Waals surface area contributed by atoms with Gasteiger partial charge < -0.3 is 10.2 Å². The van der Waals surface area contributed by atoms with Crippen molar-refractivity contribution in [3.05, 3.63) is 29.6 Å². The lowest BCUT2D eigenvalue weighted by atomic mass is 10.2. The summed E-state index contributed by atoms with van der Waals surface area (Å²) in [6.07, 6.45) is 0.518. The zero-order valence-electron chi connectivity index (χ0n) is 10.2. The predicted octanol–water partition coefficient (Wildman–Crippen LogP) is 1.85. The van der Waals surface area contributed by atoms with Gasteiger partial charge in [0.1, 0.15) is 5.82 Å². The Hall–Kier alpha value is -1.42. The molecule has 1 atom stereocenters. The van der Waals surface area contributed by atoms with Gasteiger partial charge in [0.2, 0.25) is 5.91 Å². The van der Waals surface area contributed by atoms with Crippen LogP contribution >= 0.6 is 0 Å². The van der Waals surface area contributed by atoms with Crippen LogP contribution in [0.15, 0.2) is 18.2 Å². The van der Waals surface area contributed by atoms with Gasteiger partial charge in [0, 0.05) is 24.7 Å². The summed E-state index contributed by atoms with van der Waals surface area (Å²) in [7, 11) is 0. The first-order chi connectivity index (χ1) is 8.11. The summed E-state index contributed by atoms with van der Waals surface area (Å²) >= 11 is 0. The number of halogens is 1. The third-order valence-electron chi connectivity index (χ3n) is 3.07. The first-order valence-corrected chi connectivity index (χ1v) is 5.91. The van der Waals surface area contributed by atoms with E-state index in [4.69, 9.17) is 0 Å². The van der Waals surface area contributed by atoms with Gasteiger partial charge in [-0.2, -0.15) is 0 Å². The van der Waals surface area contributed by atoms with Crippen molar-refractivity contribution in [2.24, 2.45) is 0 Å². The largest absolute Gasteiger partial charge is 0.312 e. The van der Waals surface area contributed by atoms with Crippen molar-refractivity contribution in [2.75, 3.05) is 18.0 Å². The van der Waals surface area contributed by atoms with Gasteiger partial charge in [0.25, 0.3) is 0 Å². The van der Waals surface area contributed by atoms with Crippen LogP contribution in [0, 0.1) is 12.7 Å². The molecule has 0 bridgehead atoms. The lowest BCUT2D eigenvalue weighted by molar-refractivity contribution is -0.117. The van der Waals surface area contributed by atoms with Crippen LogP contribution in [0.25, 0.3) is 0 Å². The number of carbonyl (C=O) groups is 1. The molecule has 0 aliphatic carbocycles. The van der Waals surface area contributed by atoms with E-state index >= 15 is 0 Å². The fraction of sp³-hybridized carbons (Fsp3) is 0.462. The molecule has 1 saturated heterocycles. The maximum Gasteiger partial charge on any atom is 0.228 e. The number of aryl methyl sites for hydroxylation is 1. The molecule has 0 radical (unpaired) electrons. The van der Waals surface area contributed by atoms with Crippen LogP contribution in [0.4, 0.5) is 10.1 Å². The lowest BCUT2D eigenvalue weighted by Gasteiger charge is -2.17. The Morgan fingerprint density at radius 1 is 1.53 bits per heavy atom. The number of likely N-dealkylation sites (N-methyl/N-ethyl adjacent to an activating group) is 1. The van der Waals surface area contributed by atoms with E-state index in [1.54, 1.807) is 24.0 Å². The topological polar surface area (TPSA) is 32.3 Å². The molecule has 4 heteroatoms. The molecule has 0 spiro atoms. The van der Waals surface area contributed by atoms with Crippen molar-refractivity contribution in [1.82, 2.24) is 5.32 Å². The van der Waals surface area contributed by atoms with Gasteiger partial charge >= 0.3 is 0 Å². The maximum atomic E-state index is 13.2. The van der Waals surface area contributed by atoms with Gasteiger partial charge in [0.05, 0.1) is 0 Å². The molecule has 1 unspecified atom stereocenters. The molecule has 1 amide bonds. The molecule has 1 aromatic carbocycles. The van der Waals surface area contributed by atoms with Crippen molar-refractivity contribution in [3.63, 3.8) is 0 Å². The molecule has 1 aliphatic heterocycles. The molecule has 3 nitrogen and oxygen atoms in total. The highest BCUT2D eigenvalue weighted by atomic mass is 19.1. The van der Waals surface area contributed by atoms with Crippen molar-refractivity contribution >= 4 is 11.6 Å². The average molecular weight is 236 g/mol. The van der Waals surface area contributed by atoms with Crippen molar-refractivity contribution in [1.29, 1.82) is 0 Å². The van der Waals surface area contributed by atoms with E-state index in [1.165, 1.54) is 6.07 Å². The fourth-order valence-corrected chi connectivity index (χ4v) is 2.18. The summed E-state index contributed by atoms with van der Waals surface area (Å²) in [5.74, 6) is -0.134. The highest BCUT2D eigenvalue weighted by Crippen LogP contribution is 2.23. The second-order valence-electron chi connectivity index (χ2n) is 4.40. The number of rotatable bonds is 3. The minimum atomic E-state index is -0.233. The maximum absolute atomic E-state index is 13.2. The number of nitrogens with one attached hydrogen (secondary N) is 1. The summed E-state index contributed by atoms with van der Waals surface area (Å²) in [4.78, 5) is 13.6. The Kier molecular flexibility index (Phi) is 3.43. The van der Waals surface area contributed by atoms with E-state index in [1.807, 2.05) is 6.92 Å². The standard InChI is InChI=1S/C13H17FN2O/c1-3-15-10-7-13(17)16(8-10)11-4-5-12(14)9(2)6-11/h4-6,10,15H,3,7-8H2,1-2H3. The van der Waals surface area contributed by atoms with Gasteiger partial charge in [-0.05, 0) is 37.2 Å². The molecule has 1 N–H and O–H groups in total. The third kappa shape index (κ3) is 2.47. The second kappa shape index (κ2) is 4.84. The molecule has 1 aromatic rings. The Bertz CT molecular complexity index is 433. The molecule has 1 fully saturated rings. The van der Waals surface area contributed by atoms with Gasteiger partial charge in [-0.1, -0.05) is 6.92 Å². The van der Waals surface area contributed by atoms with Gasteiger partial charge in [0.15, 0.2) is 0 Å². The van der Waals surface area contributed by atoms with Crippen molar-refractivity contribution in [3.8, 4) is 0 Å². The predicted molar refractivity (Wildman–Crippen MR) is 65.6 cm³/mol. The fourth-order valence-electron chi connectivity index (χ4n) is 2.18. The zero-order chi connectivity index (χ0) is 12.4. The molecule has 2 rings (SSSR count). The first-order valence-electron chi connectivity index (χ1n) is 5.91.